The van der Waals surface area contributed by atoms with Gasteiger partial charge in [-0.05, 0) is 25.9 Å². The molecule has 0 saturated carbocycles. The Hall–Kier alpha value is -0.570. The fraction of sp³-hybridized carbons (Fsp3) is 0.875. The highest BCUT2D eigenvalue weighted by atomic mass is 16.1. The third kappa shape index (κ3) is 3.37. The smallest absolute Gasteiger partial charge is 0.216 e. The monoisotopic (exact) mass is 156 g/mol. The lowest BCUT2D eigenvalue weighted by Gasteiger charge is -2.13. The highest BCUT2D eigenvalue weighted by molar-refractivity contribution is 5.72. The van der Waals surface area contributed by atoms with Gasteiger partial charge in [-0.25, -0.2) is 0 Å². The molecule has 1 rings (SSSR count). The van der Waals surface area contributed by atoms with Crippen LogP contribution in [0.5, 0.6) is 0 Å². The van der Waals surface area contributed by atoms with Crippen LogP contribution in [-0.2, 0) is 4.79 Å². The number of nitrogens with one attached hydrogen (secondary N) is 1. The van der Waals surface area contributed by atoms with Gasteiger partial charge in [-0.15, -0.1) is 0 Å². The molecule has 1 aliphatic heterocycles. The van der Waals surface area contributed by atoms with E-state index >= 15 is 0 Å². The Kier molecular flexibility index (Phi) is 3.36. The minimum Gasteiger partial charge on any atom is -0.355 e. The van der Waals surface area contributed by atoms with E-state index in [-0.39, 0.29) is 5.91 Å². The van der Waals surface area contributed by atoms with Crippen molar-refractivity contribution in [3.8, 4) is 0 Å². The zero-order valence-corrected chi connectivity index (χ0v) is 7.10. The summed E-state index contributed by atoms with van der Waals surface area (Å²) in [5.41, 5.74) is 0. The normalized spacial score (nSPS) is 18.6. The van der Waals surface area contributed by atoms with Gasteiger partial charge >= 0.3 is 0 Å². The number of amides is 1. The van der Waals surface area contributed by atoms with Crippen molar-refractivity contribution in [2.45, 2.75) is 19.8 Å². The van der Waals surface area contributed by atoms with Crippen LogP contribution in [0.25, 0.3) is 0 Å². The molecule has 64 valence electrons. The fourth-order valence-electron chi connectivity index (χ4n) is 1.40. The quantitative estimate of drug-likeness (QED) is 0.634. The van der Waals surface area contributed by atoms with Crippen LogP contribution >= 0.6 is 0 Å². The van der Waals surface area contributed by atoms with E-state index in [2.05, 4.69) is 10.2 Å². The lowest BCUT2D eigenvalue weighted by molar-refractivity contribution is -0.119. The predicted molar refractivity (Wildman–Crippen MR) is 44.4 cm³/mol. The summed E-state index contributed by atoms with van der Waals surface area (Å²) in [5.74, 6) is 0.0733. The average Bonchev–Trinajstić information content (AvgIpc) is 2.39. The predicted octanol–water partition coefficient (Wildman–Crippen LogP) is 0.218. The molecule has 0 aromatic rings. The first-order chi connectivity index (χ1) is 5.29. The van der Waals surface area contributed by atoms with E-state index in [1.54, 1.807) is 6.92 Å². The Morgan fingerprint density at radius 3 is 2.64 bits per heavy atom. The van der Waals surface area contributed by atoms with E-state index in [9.17, 15) is 4.79 Å². The van der Waals surface area contributed by atoms with E-state index in [1.165, 1.54) is 25.9 Å². The molecule has 1 amide bonds. The molecule has 0 radical (unpaired) electrons. The maximum absolute atomic E-state index is 10.5. The number of likely N-dealkylation sites (tertiary alicyclic amines) is 1. The average molecular weight is 156 g/mol. The number of nitrogens with zero attached hydrogens (tertiary/aromatic N) is 1. The van der Waals surface area contributed by atoms with Gasteiger partial charge in [0.1, 0.15) is 0 Å². The summed E-state index contributed by atoms with van der Waals surface area (Å²) in [6.07, 6.45) is 2.64. The van der Waals surface area contributed by atoms with Crippen LogP contribution in [0.2, 0.25) is 0 Å². The highest BCUT2D eigenvalue weighted by Crippen LogP contribution is 2.05. The summed E-state index contributed by atoms with van der Waals surface area (Å²) in [6.45, 7) is 5.79. The van der Waals surface area contributed by atoms with E-state index in [1.807, 2.05) is 0 Å². The van der Waals surface area contributed by atoms with Crippen LogP contribution in [-0.4, -0.2) is 37.0 Å². The van der Waals surface area contributed by atoms with E-state index in [4.69, 9.17) is 0 Å². The number of carbonyl (C=O) groups excluding carboxylic acids is 1. The molecule has 1 heterocycles. The summed E-state index contributed by atoms with van der Waals surface area (Å²) in [7, 11) is 0. The molecule has 0 aromatic carbocycles. The molecule has 1 aliphatic rings. The van der Waals surface area contributed by atoms with Gasteiger partial charge in [0.2, 0.25) is 5.91 Å². The molecule has 11 heavy (non-hydrogen) atoms. The lowest BCUT2D eigenvalue weighted by Crippen LogP contribution is -2.32. The van der Waals surface area contributed by atoms with Crippen LogP contribution in [0.3, 0.4) is 0 Å². The van der Waals surface area contributed by atoms with E-state index < -0.39 is 0 Å². The maximum Gasteiger partial charge on any atom is 0.216 e. The Morgan fingerprint density at radius 1 is 1.45 bits per heavy atom. The van der Waals surface area contributed by atoms with Crippen LogP contribution in [0.15, 0.2) is 0 Å². The van der Waals surface area contributed by atoms with Crippen molar-refractivity contribution < 1.29 is 4.79 Å². The van der Waals surface area contributed by atoms with Gasteiger partial charge in [-0.2, -0.15) is 0 Å². The summed E-state index contributed by atoms with van der Waals surface area (Å²) >= 11 is 0. The summed E-state index contributed by atoms with van der Waals surface area (Å²) in [5, 5.41) is 2.79. The first-order valence-electron chi connectivity index (χ1n) is 4.26. The van der Waals surface area contributed by atoms with Crippen LogP contribution in [0.4, 0.5) is 0 Å². The molecular formula is C8H16N2O. The molecular weight excluding hydrogens is 140 g/mol. The first kappa shape index (κ1) is 8.53. The van der Waals surface area contributed by atoms with Crippen LogP contribution in [0, 0.1) is 0 Å². The van der Waals surface area contributed by atoms with Crippen LogP contribution < -0.4 is 5.32 Å². The molecule has 0 atom stereocenters. The van der Waals surface area contributed by atoms with Gasteiger partial charge in [-0.1, -0.05) is 0 Å². The minimum atomic E-state index is 0.0733. The van der Waals surface area contributed by atoms with Crippen molar-refractivity contribution in [2.75, 3.05) is 26.2 Å². The van der Waals surface area contributed by atoms with Gasteiger partial charge in [0.15, 0.2) is 0 Å². The second-order valence-electron chi connectivity index (χ2n) is 3.03. The number of hydrogen-bond donors (Lipinski definition) is 1. The Balaban J connectivity index is 1.98. The third-order valence-corrected chi connectivity index (χ3v) is 2.00. The topological polar surface area (TPSA) is 32.3 Å². The van der Waals surface area contributed by atoms with Gasteiger partial charge in [0.05, 0.1) is 0 Å². The first-order valence-corrected chi connectivity index (χ1v) is 4.26. The number of hydrogen-bond acceptors (Lipinski definition) is 2. The third-order valence-electron chi connectivity index (χ3n) is 2.00. The highest BCUT2D eigenvalue weighted by Gasteiger charge is 2.09. The molecule has 0 spiro atoms. The number of rotatable bonds is 3. The second-order valence-corrected chi connectivity index (χ2v) is 3.03. The second kappa shape index (κ2) is 4.34. The molecule has 1 saturated heterocycles. The Bertz CT molecular complexity index is 130. The largest absolute Gasteiger partial charge is 0.355 e. The zero-order chi connectivity index (χ0) is 8.10. The molecule has 3 heteroatoms. The van der Waals surface area contributed by atoms with Crippen molar-refractivity contribution >= 4 is 5.91 Å². The Morgan fingerprint density at radius 2 is 2.09 bits per heavy atom. The SMILES string of the molecule is CC(=O)NCCN1CCCC1. The van der Waals surface area contributed by atoms with E-state index in [0.29, 0.717) is 0 Å². The molecule has 0 aromatic heterocycles. The van der Waals surface area contributed by atoms with Gasteiger partial charge in [0.25, 0.3) is 0 Å². The number of carbonyl (C=O) groups is 1. The van der Waals surface area contributed by atoms with Crippen molar-refractivity contribution in [1.29, 1.82) is 0 Å². The van der Waals surface area contributed by atoms with Crippen LogP contribution in [0.1, 0.15) is 19.8 Å². The minimum absolute atomic E-state index is 0.0733. The Labute approximate surface area is 67.8 Å². The zero-order valence-electron chi connectivity index (χ0n) is 7.10. The maximum atomic E-state index is 10.5. The molecule has 0 bridgehead atoms. The molecule has 1 N–H and O–H groups in total. The van der Waals surface area contributed by atoms with E-state index in [0.717, 1.165) is 13.1 Å². The summed E-state index contributed by atoms with van der Waals surface area (Å²) < 4.78 is 0. The summed E-state index contributed by atoms with van der Waals surface area (Å²) in [4.78, 5) is 12.9. The van der Waals surface area contributed by atoms with Crippen molar-refractivity contribution in [1.82, 2.24) is 10.2 Å². The van der Waals surface area contributed by atoms with Gasteiger partial charge < -0.3 is 10.2 Å². The molecule has 1 fully saturated rings. The van der Waals surface area contributed by atoms with Crippen molar-refractivity contribution in [3.05, 3.63) is 0 Å². The van der Waals surface area contributed by atoms with Gasteiger partial charge in [0, 0.05) is 20.0 Å². The molecule has 3 nitrogen and oxygen atoms in total. The lowest BCUT2D eigenvalue weighted by atomic mass is 10.4. The molecule has 0 unspecified atom stereocenters. The van der Waals surface area contributed by atoms with Crippen molar-refractivity contribution in [2.24, 2.45) is 0 Å². The summed E-state index contributed by atoms with van der Waals surface area (Å²) in [6, 6.07) is 0. The van der Waals surface area contributed by atoms with Gasteiger partial charge in [-0.3, -0.25) is 4.79 Å². The molecule has 0 aliphatic carbocycles. The fourth-order valence-corrected chi connectivity index (χ4v) is 1.40. The standard InChI is InChI=1S/C8H16N2O/c1-8(11)9-4-7-10-5-2-3-6-10/h2-7H2,1H3,(H,9,11). The van der Waals surface area contributed by atoms with Crippen molar-refractivity contribution in [3.63, 3.8) is 0 Å².